The molecule has 0 amide bonds. The first kappa shape index (κ1) is 11.7. The van der Waals surface area contributed by atoms with Crippen LogP contribution in [0.15, 0.2) is 18.2 Å². The van der Waals surface area contributed by atoms with Gasteiger partial charge in [-0.05, 0) is 19.0 Å². The summed E-state index contributed by atoms with van der Waals surface area (Å²) in [4.78, 5) is 0. The fourth-order valence-corrected chi connectivity index (χ4v) is 2.39. The number of para-hydroxylation sites is 1. The summed E-state index contributed by atoms with van der Waals surface area (Å²) in [5, 5.41) is 4.28. The van der Waals surface area contributed by atoms with Gasteiger partial charge in [0, 0.05) is 17.5 Å². The Balaban J connectivity index is 2.29. The molecule has 3 heteroatoms. The molecular formula is C13H18ClNO. The third kappa shape index (κ3) is 2.18. The Bertz CT molecular complexity index is 367. The van der Waals surface area contributed by atoms with E-state index in [1.807, 2.05) is 12.1 Å². The number of fused-ring (bicyclic) bond motifs is 1. The van der Waals surface area contributed by atoms with Gasteiger partial charge in [-0.1, -0.05) is 37.6 Å². The Kier molecular flexibility index (Phi) is 3.72. The van der Waals surface area contributed by atoms with Gasteiger partial charge in [-0.2, -0.15) is 0 Å². The van der Waals surface area contributed by atoms with Crippen LogP contribution in [0.1, 0.15) is 31.9 Å². The maximum absolute atomic E-state index is 6.14. The van der Waals surface area contributed by atoms with E-state index in [-0.39, 0.29) is 0 Å². The first-order valence-electron chi connectivity index (χ1n) is 5.88. The molecule has 1 aromatic carbocycles. The van der Waals surface area contributed by atoms with Crippen LogP contribution in [-0.4, -0.2) is 13.2 Å². The fraction of sp³-hybridized carbons (Fsp3) is 0.538. The van der Waals surface area contributed by atoms with Gasteiger partial charge in [-0.3, -0.25) is 0 Å². The minimum atomic E-state index is 0.363. The topological polar surface area (TPSA) is 21.3 Å². The summed E-state index contributed by atoms with van der Waals surface area (Å²) in [6, 6.07) is 6.34. The number of ether oxygens (including phenoxy) is 1. The molecule has 2 atom stereocenters. The highest BCUT2D eigenvalue weighted by Gasteiger charge is 2.28. The standard InChI is InChI=1S/C13H18ClNO/c1-3-7-15-12-9(2)8-16-13-10(12)5-4-6-11(13)14/h4-6,9,12,15H,3,7-8H2,1-2H3. The lowest BCUT2D eigenvalue weighted by Gasteiger charge is -2.32. The lowest BCUT2D eigenvalue weighted by molar-refractivity contribution is 0.189. The van der Waals surface area contributed by atoms with Crippen molar-refractivity contribution in [1.29, 1.82) is 0 Å². The molecule has 0 saturated carbocycles. The van der Waals surface area contributed by atoms with Crippen molar-refractivity contribution in [1.82, 2.24) is 5.32 Å². The average Bonchev–Trinajstić information content (AvgIpc) is 2.28. The van der Waals surface area contributed by atoms with Crippen molar-refractivity contribution in [3.05, 3.63) is 28.8 Å². The highest BCUT2D eigenvalue weighted by molar-refractivity contribution is 6.32. The quantitative estimate of drug-likeness (QED) is 0.873. The van der Waals surface area contributed by atoms with Crippen LogP contribution in [0, 0.1) is 5.92 Å². The molecule has 1 aromatic rings. The van der Waals surface area contributed by atoms with E-state index in [0.29, 0.717) is 17.0 Å². The van der Waals surface area contributed by atoms with E-state index in [4.69, 9.17) is 16.3 Å². The Morgan fingerprint density at radius 3 is 3.06 bits per heavy atom. The van der Waals surface area contributed by atoms with Crippen LogP contribution >= 0.6 is 11.6 Å². The van der Waals surface area contributed by atoms with E-state index in [9.17, 15) is 0 Å². The third-order valence-corrected chi connectivity index (χ3v) is 3.30. The van der Waals surface area contributed by atoms with Crippen LogP contribution in [0.3, 0.4) is 0 Å². The summed E-state index contributed by atoms with van der Waals surface area (Å²) in [5.74, 6) is 1.34. The summed E-state index contributed by atoms with van der Waals surface area (Å²) in [6.45, 7) is 6.14. The van der Waals surface area contributed by atoms with Crippen molar-refractivity contribution >= 4 is 11.6 Å². The molecule has 1 N–H and O–H groups in total. The van der Waals surface area contributed by atoms with Gasteiger partial charge in [0.15, 0.2) is 0 Å². The lowest BCUT2D eigenvalue weighted by atomic mass is 9.92. The zero-order valence-electron chi connectivity index (χ0n) is 9.79. The number of hydrogen-bond donors (Lipinski definition) is 1. The molecule has 1 aliphatic heterocycles. The molecular weight excluding hydrogens is 222 g/mol. The monoisotopic (exact) mass is 239 g/mol. The van der Waals surface area contributed by atoms with Gasteiger partial charge >= 0.3 is 0 Å². The Labute approximate surface area is 102 Å². The van der Waals surface area contributed by atoms with Crippen molar-refractivity contribution in [2.75, 3.05) is 13.2 Å². The fourth-order valence-electron chi connectivity index (χ4n) is 2.15. The highest BCUT2D eigenvalue weighted by Crippen LogP contribution is 2.39. The second-order valence-corrected chi connectivity index (χ2v) is 4.79. The Hall–Kier alpha value is -0.730. The van der Waals surface area contributed by atoms with Crippen molar-refractivity contribution in [2.24, 2.45) is 5.92 Å². The van der Waals surface area contributed by atoms with Crippen molar-refractivity contribution in [3.63, 3.8) is 0 Å². The second-order valence-electron chi connectivity index (χ2n) is 4.38. The molecule has 2 unspecified atom stereocenters. The molecule has 0 fully saturated rings. The number of nitrogens with one attached hydrogen (secondary N) is 1. The minimum Gasteiger partial charge on any atom is -0.491 e. The van der Waals surface area contributed by atoms with Gasteiger partial charge in [0.25, 0.3) is 0 Å². The van der Waals surface area contributed by atoms with E-state index < -0.39 is 0 Å². The normalized spacial score (nSPS) is 23.7. The van der Waals surface area contributed by atoms with Crippen LogP contribution in [0.2, 0.25) is 5.02 Å². The smallest absolute Gasteiger partial charge is 0.142 e. The summed E-state index contributed by atoms with van der Waals surface area (Å²) >= 11 is 6.14. The van der Waals surface area contributed by atoms with Crippen LogP contribution in [-0.2, 0) is 0 Å². The van der Waals surface area contributed by atoms with E-state index >= 15 is 0 Å². The van der Waals surface area contributed by atoms with Crippen LogP contribution in [0.4, 0.5) is 0 Å². The van der Waals surface area contributed by atoms with Crippen molar-refractivity contribution in [2.45, 2.75) is 26.3 Å². The maximum Gasteiger partial charge on any atom is 0.142 e. The van der Waals surface area contributed by atoms with Crippen LogP contribution in [0.25, 0.3) is 0 Å². The third-order valence-electron chi connectivity index (χ3n) is 3.01. The zero-order chi connectivity index (χ0) is 11.5. The predicted octanol–water partition coefficient (Wildman–Crippen LogP) is 3.41. The Morgan fingerprint density at radius 2 is 2.31 bits per heavy atom. The van der Waals surface area contributed by atoms with Crippen LogP contribution in [0.5, 0.6) is 5.75 Å². The first-order chi connectivity index (χ1) is 7.74. The summed E-state index contributed by atoms with van der Waals surface area (Å²) in [5.41, 5.74) is 1.19. The van der Waals surface area contributed by atoms with E-state index in [1.54, 1.807) is 0 Å². The number of rotatable bonds is 3. The molecule has 0 aliphatic carbocycles. The molecule has 88 valence electrons. The molecule has 0 bridgehead atoms. The summed E-state index contributed by atoms with van der Waals surface area (Å²) in [6.07, 6.45) is 1.14. The molecule has 16 heavy (non-hydrogen) atoms. The number of benzene rings is 1. The van der Waals surface area contributed by atoms with E-state index in [1.165, 1.54) is 5.56 Å². The molecule has 2 rings (SSSR count). The molecule has 0 aromatic heterocycles. The van der Waals surface area contributed by atoms with Gasteiger partial charge in [0.1, 0.15) is 5.75 Å². The predicted molar refractivity (Wildman–Crippen MR) is 67.1 cm³/mol. The molecule has 2 nitrogen and oxygen atoms in total. The van der Waals surface area contributed by atoms with Gasteiger partial charge in [-0.25, -0.2) is 0 Å². The summed E-state index contributed by atoms with van der Waals surface area (Å²) < 4.78 is 5.70. The highest BCUT2D eigenvalue weighted by atomic mass is 35.5. The van der Waals surface area contributed by atoms with Gasteiger partial charge in [-0.15, -0.1) is 0 Å². The van der Waals surface area contributed by atoms with Crippen LogP contribution < -0.4 is 10.1 Å². The second kappa shape index (κ2) is 5.07. The summed E-state index contributed by atoms with van der Waals surface area (Å²) in [7, 11) is 0. The first-order valence-corrected chi connectivity index (χ1v) is 6.26. The Morgan fingerprint density at radius 1 is 1.50 bits per heavy atom. The molecule has 0 saturated heterocycles. The minimum absolute atomic E-state index is 0.363. The van der Waals surface area contributed by atoms with E-state index in [0.717, 1.165) is 25.3 Å². The maximum atomic E-state index is 6.14. The zero-order valence-corrected chi connectivity index (χ0v) is 10.6. The molecule has 0 radical (unpaired) electrons. The molecule has 0 spiro atoms. The lowest BCUT2D eigenvalue weighted by Crippen LogP contribution is -2.34. The van der Waals surface area contributed by atoms with Gasteiger partial charge in [0.05, 0.1) is 11.6 Å². The average molecular weight is 240 g/mol. The molecule has 1 heterocycles. The van der Waals surface area contributed by atoms with E-state index in [2.05, 4.69) is 25.2 Å². The SMILES string of the molecule is CCCNC1c2cccc(Cl)c2OCC1C. The molecule has 1 aliphatic rings. The van der Waals surface area contributed by atoms with Gasteiger partial charge < -0.3 is 10.1 Å². The largest absolute Gasteiger partial charge is 0.491 e. The number of hydrogen-bond acceptors (Lipinski definition) is 2. The van der Waals surface area contributed by atoms with Crippen molar-refractivity contribution < 1.29 is 4.74 Å². The van der Waals surface area contributed by atoms with Crippen molar-refractivity contribution in [3.8, 4) is 5.75 Å². The number of halogens is 1. The van der Waals surface area contributed by atoms with Gasteiger partial charge in [0.2, 0.25) is 0 Å².